The molecule has 2 aromatic carbocycles. The lowest BCUT2D eigenvalue weighted by molar-refractivity contribution is -0.113. The first-order chi connectivity index (χ1) is 14.8. The Labute approximate surface area is 184 Å². The minimum Gasteiger partial charge on any atom is -0.378 e. The molecule has 1 saturated heterocycles. The average Bonchev–Trinajstić information content (AvgIpc) is 2.80. The van der Waals surface area contributed by atoms with Crippen molar-refractivity contribution in [1.82, 2.24) is 9.97 Å². The van der Waals surface area contributed by atoms with Gasteiger partial charge in [0.2, 0.25) is 5.91 Å². The zero-order valence-corrected chi connectivity index (χ0v) is 18.0. The van der Waals surface area contributed by atoms with Crippen molar-refractivity contribution in [2.75, 3.05) is 42.3 Å². The maximum atomic E-state index is 12.4. The highest BCUT2D eigenvalue weighted by molar-refractivity contribution is 8.02. The van der Waals surface area contributed by atoms with E-state index in [1.165, 1.54) is 11.8 Å². The van der Waals surface area contributed by atoms with Crippen LogP contribution in [0.25, 0.3) is 0 Å². The molecule has 154 valence electrons. The maximum absolute atomic E-state index is 12.4. The van der Waals surface area contributed by atoms with E-state index in [4.69, 9.17) is 4.74 Å². The van der Waals surface area contributed by atoms with Crippen LogP contribution in [0, 0.1) is 0 Å². The fraction of sp³-hybridized carbons (Fsp3) is 0.227. The Kier molecular flexibility index (Phi) is 7.23. The molecule has 2 heterocycles. The molecule has 30 heavy (non-hydrogen) atoms. The molecule has 0 aliphatic carbocycles. The molecule has 8 heteroatoms. The molecule has 1 fully saturated rings. The number of benzene rings is 2. The van der Waals surface area contributed by atoms with E-state index in [0.717, 1.165) is 52.6 Å². The van der Waals surface area contributed by atoms with Crippen LogP contribution in [0.2, 0.25) is 0 Å². The van der Waals surface area contributed by atoms with E-state index in [-0.39, 0.29) is 11.7 Å². The van der Waals surface area contributed by atoms with E-state index in [1.807, 2.05) is 54.6 Å². The number of nitrogens with one attached hydrogen (secondary N) is 1. The van der Waals surface area contributed by atoms with Gasteiger partial charge in [-0.3, -0.25) is 4.79 Å². The van der Waals surface area contributed by atoms with Crippen molar-refractivity contribution in [2.24, 2.45) is 0 Å². The fourth-order valence-electron chi connectivity index (χ4n) is 2.99. The number of morpholine rings is 1. The summed E-state index contributed by atoms with van der Waals surface area (Å²) in [5.74, 6) is 0.201. The second-order valence-electron chi connectivity index (χ2n) is 6.56. The first-order valence-electron chi connectivity index (χ1n) is 9.67. The highest BCUT2D eigenvalue weighted by Gasteiger charge is 2.13. The molecular weight excluding hydrogens is 416 g/mol. The lowest BCUT2D eigenvalue weighted by Gasteiger charge is -2.28. The molecule has 4 rings (SSSR count). The Morgan fingerprint density at radius 1 is 0.967 bits per heavy atom. The van der Waals surface area contributed by atoms with Crippen LogP contribution in [0.4, 0.5) is 11.4 Å². The number of thioether (sulfide) groups is 1. The monoisotopic (exact) mass is 438 g/mol. The van der Waals surface area contributed by atoms with Gasteiger partial charge in [-0.1, -0.05) is 41.7 Å². The Morgan fingerprint density at radius 3 is 2.40 bits per heavy atom. The van der Waals surface area contributed by atoms with Gasteiger partial charge < -0.3 is 15.0 Å². The van der Waals surface area contributed by atoms with Gasteiger partial charge in [-0.2, -0.15) is 0 Å². The standard InChI is InChI=1S/C22H22N4O2S2/c27-20(25-17-6-8-18(9-7-17)26-12-14-28-15-13-26)16-29-21-22(24-11-10-23-21)30-19-4-2-1-3-5-19/h1-11H,12-16H2,(H,25,27). The summed E-state index contributed by atoms with van der Waals surface area (Å²) in [5, 5.41) is 4.51. The zero-order valence-electron chi connectivity index (χ0n) is 16.4. The first kappa shape index (κ1) is 20.7. The van der Waals surface area contributed by atoms with E-state index >= 15 is 0 Å². The van der Waals surface area contributed by atoms with Crippen molar-refractivity contribution in [2.45, 2.75) is 14.9 Å². The number of hydrogen-bond acceptors (Lipinski definition) is 7. The van der Waals surface area contributed by atoms with Crippen molar-refractivity contribution in [3.8, 4) is 0 Å². The molecule has 6 nitrogen and oxygen atoms in total. The minimum atomic E-state index is -0.0690. The van der Waals surface area contributed by atoms with Crippen molar-refractivity contribution < 1.29 is 9.53 Å². The number of ether oxygens (including phenoxy) is 1. The number of carbonyl (C=O) groups excluding carboxylic acids is 1. The van der Waals surface area contributed by atoms with Crippen molar-refractivity contribution in [3.05, 3.63) is 67.0 Å². The third kappa shape index (κ3) is 5.75. The fourth-order valence-corrected chi connectivity index (χ4v) is 4.71. The first-order valence-corrected chi connectivity index (χ1v) is 11.5. The lowest BCUT2D eigenvalue weighted by Crippen LogP contribution is -2.36. The predicted octanol–water partition coefficient (Wildman–Crippen LogP) is 4.20. The summed E-state index contributed by atoms with van der Waals surface area (Å²) in [6.45, 7) is 3.29. The molecule has 1 aromatic heterocycles. The van der Waals surface area contributed by atoms with Gasteiger partial charge in [0.1, 0.15) is 10.1 Å². The van der Waals surface area contributed by atoms with E-state index < -0.39 is 0 Å². The van der Waals surface area contributed by atoms with Gasteiger partial charge in [-0.25, -0.2) is 9.97 Å². The molecule has 0 radical (unpaired) electrons. The van der Waals surface area contributed by atoms with Crippen molar-refractivity contribution in [1.29, 1.82) is 0 Å². The number of anilines is 2. The summed E-state index contributed by atoms with van der Waals surface area (Å²) >= 11 is 2.94. The van der Waals surface area contributed by atoms with Gasteiger partial charge in [0.25, 0.3) is 0 Å². The summed E-state index contributed by atoms with van der Waals surface area (Å²) in [6, 6.07) is 18.0. The van der Waals surface area contributed by atoms with Gasteiger partial charge in [-0.15, -0.1) is 0 Å². The van der Waals surface area contributed by atoms with Gasteiger partial charge >= 0.3 is 0 Å². The zero-order chi connectivity index (χ0) is 20.6. The predicted molar refractivity (Wildman–Crippen MR) is 121 cm³/mol. The molecule has 0 bridgehead atoms. The summed E-state index contributed by atoms with van der Waals surface area (Å²) < 4.78 is 5.39. The molecule has 0 spiro atoms. The SMILES string of the molecule is O=C(CSc1nccnc1Sc1ccccc1)Nc1ccc(N2CCOCC2)cc1. The van der Waals surface area contributed by atoms with E-state index in [0.29, 0.717) is 0 Å². The van der Waals surface area contributed by atoms with E-state index in [1.54, 1.807) is 24.2 Å². The summed E-state index contributed by atoms with van der Waals surface area (Å²) in [7, 11) is 0. The number of rotatable bonds is 7. The molecule has 1 aliphatic rings. The third-order valence-corrected chi connectivity index (χ3v) is 6.57. The quantitative estimate of drug-likeness (QED) is 0.555. The van der Waals surface area contributed by atoms with E-state index in [9.17, 15) is 4.79 Å². The summed E-state index contributed by atoms with van der Waals surface area (Å²) in [6.07, 6.45) is 3.32. The lowest BCUT2D eigenvalue weighted by atomic mass is 10.2. The maximum Gasteiger partial charge on any atom is 0.234 e. The average molecular weight is 439 g/mol. The second-order valence-corrected chi connectivity index (χ2v) is 8.59. The summed E-state index contributed by atoms with van der Waals surface area (Å²) in [5.41, 5.74) is 1.93. The normalized spacial score (nSPS) is 13.8. The van der Waals surface area contributed by atoms with Gasteiger partial charge in [0, 0.05) is 41.8 Å². The molecule has 0 atom stereocenters. The largest absolute Gasteiger partial charge is 0.378 e. The van der Waals surface area contributed by atoms with Crippen LogP contribution in [0.3, 0.4) is 0 Å². The van der Waals surface area contributed by atoms with E-state index in [2.05, 4.69) is 20.2 Å². The summed E-state index contributed by atoms with van der Waals surface area (Å²) in [4.78, 5) is 24.6. The molecule has 1 amide bonds. The Hall–Kier alpha value is -2.55. The Morgan fingerprint density at radius 2 is 1.67 bits per heavy atom. The van der Waals surface area contributed by atoms with Crippen LogP contribution in [0.5, 0.6) is 0 Å². The Bertz CT molecular complexity index is 964. The number of carbonyl (C=O) groups is 1. The van der Waals surface area contributed by atoms with Crippen molar-refractivity contribution >= 4 is 40.8 Å². The van der Waals surface area contributed by atoms with Crippen LogP contribution < -0.4 is 10.2 Å². The van der Waals surface area contributed by atoms with Gasteiger partial charge in [-0.05, 0) is 36.4 Å². The number of hydrogen-bond donors (Lipinski definition) is 1. The number of amides is 1. The van der Waals surface area contributed by atoms with Crippen molar-refractivity contribution in [3.63, 3.8) is 0 Å². The molecule has 1 aliphatic heterocycles. The Balaban J connectivity index is 1.32. The number of nitrogens with zero attached hydrogens (tertiary/aromatic N) is 3. The topological polar surface area (TPSA) is 67.4 Å². The van der Waals surface area contributed by atoms with Crippen LogP contribution >= 0.6 is 23.5 Å². The smallest absolute Gasteiger partial charge is 0.234 e. The second kappa shape index (κ2) is 10.5. The van der Waals surface area contributed by atoms with Crippen LogP contribution in [0.15, 0.2) is 81.9 Å². The third-order valence-electron chi connectivity index (χ3n) is 4.46. The highest BCUT2D eigenvalue weighted by Crippen LogP contribution is 2.32. The molecular formula is C22H22N4O2S2. The molecule has 0 unspecified atom stereocenters. The van der Waals surface area contributed by atoms with Crippen LogP contribution in [-0.2, 0) is 9.53 Å². The minimum absolute atomic E-state index is 0.0690. The molecule has 0 saturated carbocycles. The van der Waals surface area contributed by atoms with Gasteiger partial charge in [0.15, 0.2) is 0 Å². The molecule has 1 N–H and O–H groups in total. The van der Waals surface area contributed by atoms with Gasteiger partial charge in [0.05, 0.1) is 19.0 Å². The highest BCUT2D eigenvalue weighted by atomic mass is 32.2. The number of aromatic nitrogens is 2. The molecule has 3 aromatic rings. The van der Waals surface area contributed by atoms with Crippen LogP contribution in [-0.4, -0.2) is 47.9 Å². The van der Waals surface area contributed by atoms with Crippen LogP contribution in [0.1, 0.15) is 0 Å².